The van der Waals surface area contributed by atoms with Crippen LogP contribution in [-0.4, -0.2) is 326 Å². The molecule has 4 aliphatic carbocycles. The normalized spacial score (nSPS) is 24.2. The molecule has 4 saturated carbocycles. The van der Waals surface area contributed by atoms with Crippen molar-refractivity contribution in [2.24, 2.45) is 23.7 Å². The predicted molar refractivity (Wildman–Crippen MR) is 491 cm³/mol. The molecule has 10 aliphatic heterocycles. The molecule has 712 valence electrons. The number of carbonyl (C=O) groups excluding carboxylic acids is 2. The fourth-order valence-corrected chi connectivity index (χ4v) is 28.8. The van der Waals surface area contributed by atoms with Gasteiger partial charge in [-0.25, -0.2) is 42.1 Å². The zero-order chi connectivity index (χ0) is 92.0. The van der Waals surface area contributed by atoms with Crippen molar-refractivity contribution in [3.05, 3.63) is 144 Å². The van der Waals surface area contributed by atoms with Crippen molar-refractivity contribution < 1.29 is 79.0 Å². The van der Waals surface area contributed by atoms with Crippen molar-refractivity contribution >= 4 is 73.4 Å². The molecule has 1 atom stereocenters. The minimum atomic E-state index is -3.68. The summed E-state index contributed by atoms with van der Waals surface area (Å²) in [4.78, 5) is 39.5. The van der Waals surface area contributed by atoms with Gasteiger partial charge in [-0.3, -0.25) is 14.9 Å². The second-order valence-corrected chi connectivity index (χ2v) is 47.7. The van der Waals surface area contributed by atoms with E-state index in [4.69, 9.17) is 27.4 Å². The number of sulfonamides is 5. The molecule has 2 N–H and O–H groups in total. The van der Waals surface area contributed by atoms with Crippen LogP contribution in [0.25, 0.3) is 0 Å². The molecule has 0 bridgehead atoms. The topological polar surface area (TPSA) is 336 Å². The first-order valence-electron chi connectivity index (χ1n) is 46.3. The third-order valence-electron chi connectivity index (χ3n) is 28.3. The Hall–Kier alpha value is -5.99. The number of aryl methyl sites for hydroxylation is 2. The van der Waals surface area contributed by atoms with Crippen LogP contribution in [-0.2, 0) is 80.7 Å². The van der Waals surface area contributed by atoms with Crippen LogP contribution in [0.3, 0.4) is 0 Å². The summed E-state index contributed by atoms with van der Waals surface area (Å²) in [7, 11) is -12.3. The van der Waals surface area contributed by atoms with Gasteiger partial charge in [0.2, 0.25) is 56.0 Å². The van der Waals surface area contributed by atoms with Crippen molar-refractivity contribution in [1.29, 1.82) is 0 Å². The van der Waals surface area contributed by atoms with E-state index >= 15 is 0 Å². The van der Waals surface area contributed by atoms with Crippen LogP contribution < -0.4 is 15.4 Å². The van der Waals surface area contributed by atoms with E-state index in [0.29, 0.717) is 104 Å². The molecule has 1 amide bonds. The van der Waals surface area contributed by atoms with Gasteiger partial charge in [-0.2, -0.15) is 29.9 Å². The number of ether oxygens (including phenoxy) is 4. The summed E-state index contributed by atoms with van der Waals surface area (Å²) < 4.78 is 180. The van der Waals surface area contributed by atoms with Crippen molar-refractivity contribution in [1.82, 2.24) is 61.6 Å². The number of hydrogen-bond donors (Lipinski definition) is 2. The van der Waals surface area contributed by atoms with E-state index in [9.17, 15) is 51.7 Å². The summed E-state index contributed by atoms with van der Waals surface area (Å²) in [6.07, 6.45) is 18.1. The molecule has 5 aromatic carbocycles. The average Bonchev–Trinajstić information content (AvgIpc) is 1.33. The largest absolute Gasteiger partial charge is 0.497 e. The Bertz CT molecular complexity index is 5120. The molecular formula is C92H135N13O18S6. The summed E-state index contributed by atoms with van der Waals surface area (Å²) in [5.41, 5.74) is -0.589. The quantitative estimate of drug-likeness (QED) is 0.0580. The van der Waals surface area contributed by atoms with E-state index in [1.165, 1.54) is 75.7 Å². The molecule has 19 rings (SSSR count). The molecule has 1 unspecified atom stereocenters. The van der Waals surface area contributed by atoms with Crippen LogP contribution in [0.1, 0.15) is 158 Å². The molecule has 5 aromatic rings. The molecule has 37 heteroatoms. The Morgan fingerprint density at radius 1 is 0.442 bits per heavy atom. The number of nitrogens with zero attached hydrogens (tertiary/aromatic N) is 11. The first-order chi connectivity index (χ1) is 61.5. The predicted octanol–water partition coefficient (Wildman–Crippen LogP) is 8.31. The van der Waals surface area contributed by atoms with Crippen LogP contribution >= 0.6 is 0 Å². The lowest BCUT2D eigenvalue weighted by molar-refractivity contribution is -0.119. The standard InChI is InChI=1S/C22H34N4O3S.2C18H26N2O3S.C17H23N3O3S.C17H26N2O4S.O2S/c1-17(27)19-6-8-21(9-7-19)30(28,29)26-16-20(15-24(2)3)23-22(26)10-12-25(13-11-22)14-18-4-5-18;2*1-15-2-6-17(7-3-15)24(21,22)20-12-13-23-18(20)8-10-19(11-9-18)14-16-4-5-16;21-16-13-20(24(22,23)15-4-2-1-3-5-15)17(18-16)8-10-19(11-9-17)12-14-6-7-14;1-14(2)18-10-8-17(9-11-18)19(12-13-23-17)24(20,21)16-6-4-15(22-3)5-7-16;1-3-2/h6-9,18,20,23H,4-5,10-16H2,1-3H3;2*2-3,6-7,16H,4-5,8-14H2,1H3;1-5,14H,6-13H2,(H,18,21);4-7,14H,8-13H2,1-3H3;. The van der Waals surface area contributed by atoms with E-state index in [0.717, 1.165) is 158 Å². The summed E-state index contributed by atoms with van der Waals surface area (Å²) in [6.45, 7) is 27.2. The van der Waals surface area contributed by atoms with Gasteiger partial charge in [0.1, 0.15) is 28.6 Å². The van der Waals surface area contributed by atoms with Gasteiger partial charge in [0.25, 0.3) is 0 Å². The van der Waals surface area contributed by atoms with E-state index in [2.05, 4.69) is 53.9 Å². The lowest BCUT2D eigenvalue weighted by atomic mass is 9.97. The number of methoxy groups -OCH3 is 1. The van der Waals surface area contributed by atoms with Crippen LogP contribution in [0.2, 0.25) is 0 Å². The lowest BCUT2D eigenvalue weighted by Crippen LogP contribution is -2.60. The third-order valence-corrected chi connectivity index (χ3v) is 38.0. The number of rotatable bonds is 23. The Labute approximate surface area is 769 Å². The number of amides is 1. The maximum Gasteiger partial charge on any atom is 0.335 e. The fraction of sp³-hybridized carbons (Fsp3) is 0.652. The molecule has 31 nitrogen and oxygen atoms in total. The zero-order valence-electron chi connectivity index (χ0n) is 76.3. The minimum Gasteiger partial charge on any atom is -0.497 e. The number of ketones is 1. The average molecular weight is 1900 g/mol. The van der Waals surface area contributed by atoms with Gasteiger partial charge < -0.3 is 53.7 Å². The van der Waals surface area contributed by atoms with Gasteiger partial charge >= 0.3 is 11.6 Å². The highest BCUT2D eigenvalue weighted by molar-refractivity contribution is 7.90. The maximum absolute atomic E-state index is 13.7. The van der Waals surface area contributed by atoms with E-state index < -0.39 is 90.2 Å². The molecule has 5 spiro atoms. The SMILES string of the molecule is CC(=O)c1ccc(S(=O)(=O)N2CC(CN(C)C)NC23CCN(CC2CC2)CC3)cc1.COc1ccc(S(=O)(=O)N2CCOC23CCN(C(C)C)CC3)cc1.Cc1ccc(S(=O)(=O)N2CCOC23CCN(CC2CC2)CC3)cc1.Cc1ccc(S(=O)(=O)N2CCOC23CCN(CC2CC2)CC3)cc1.O=C1CN(S(=O)(=O)c2ccccc2)C2(CCN(CC3CC3)CC2)N1.O=S=O. The van der Waals surface area contributed by atoms with Crippen LogP contribution in [0.5, 0.6) is 5.75 Å². The molecule has 14 fully saturated rings. The number of benzene rings is 5. The van der Waals surface area contributed by atoms with Gasteiger partial charge in [0.15, 0.2) is 5.78 Å². The molecular weight excluding hydrogens is 1770 g/mol. The van der Waals surface area contributed by atoms with Crippen molar-refractivity contribution in [2.45, 2.75) is 215 Å². The van der Waals surface area contributed by atoms with Crippen LogP contribution in [0.15, 0.2) is 152 Å². The van der Waals surface area contributed by atoms with Crippen molar-refractivity contribution in [2.75, 3.05) is 172 Å². The smallest absolute Gasteiger partial charge is 0.335 e. The Morgan fingerprint density at radius 3 is 1.10 bits per heavy atom. The van der Waals surface area contributed by atoms with Crippen molar-refractivity contribution in [3.8, 4) is 5.75 Å². The van der Waals surface area contributed by atoms with E-state index in [1.807, 2.05) is 52.2 Å². The molecule has 10 saturated heterocycles. The molecule has 0 radical (unpaired) electrons. The van der Waals surface area contributed by atoms with Gasteiger partial charge in [0.05, 0.1) is 63.6 Å². The monoisotopic (exact) mass is 1900 g/mol. The number of Topliss-reactive ketones (excluding diaryl/α,β-unsaturated/α-hetero) is 1. The number of likely N-dealkylation sites (N-methyl/N-ethyl adjacent to an activating group) is 1. The molecule has 129 heavy (non-hydrogen) atoms. The van der Waals surface area contributed by atoms with Gasteiger partial charge in [-0.1, -0.05) is 65.7 Å². The summed E-state index contributed by atoms with van der Waals surface area (Å²) in [5, 5.41) is 6.67. The second kappa shape index (κ2) is 41.7. The zero-order valence-corrected chi connectivity index (χ0v) is 81.2. The number of carbonyl (C=O) groups is 2. The van der Waals surface area contributed by atoms with Gasteiger partial charge in [-0.05, 0) is 222 Å². The van der Waals surface area contributed by atoms with Gasteiger partial charge in [0, 0.05) is 181 Å². The Kier molecular flexibility index (Phi) is 32.0. The maximum atomic E-state index is 13.7. The van der Waals surface area contributed by atoms with Crippen molar-refractivity contribution in [3.63, 3.8) is 0 Å². The van der Waals surface area contributed by atoms with Gasteiger partial charge in [-0.15, -0.1) is 0 Å². The lowest BCUT2D eigenvalue weighted by Gasteiger charge is -2.44. The molecule has 10 heterocycles. The number of piperidine rings is 5. The van der Waals surface area contributed by atoms with Crippen LogP contribution in [0, 0.1) is 37.5 Å². The summed E-state index contributed by atoms with van der Waals surface area (Å²) in [5.74, 6) is 3.79. The first kappa shape index (κ1) is 99.0. The second-order valence-electron chi connectivity index (χ2n) is 38.2. The highest BCUT2D eigenvalue weighted by atomic mass is 32.2. The fourth-order valence-electron chi connectivity index (χ4n) is 20.1. The number of hydrogen-bond acceptors (Lipinski definition) is 25. The Morgan fingerprint density at radius 2 is 0.760 bits per heavy atom. The first-order valence-corrected chi connectivity index (χ1v) is 54.1. The highest BCUT2D eigenvalue weighted by Gasteiger charge is 2.57. The summed E-state index contributed by atoms with van der Waals surface area (Å²) >= 11 is -0.750. The minimum absolute atomic E-state index is 0.0626. The number of likely N-dealkylation sites (tertiary alicyclic amines) is 5. The molecule has 14 aliphatic rings. The van der Waals surface area contributed by atoms with E-state index in [1.54, 1.807) is 127 Å². The summed E-state index contributed by atoms with van der Waals surface area (Å²) in [6, 6.07) is 36.1. The van der Waals surface area contributed by atoms with E-state index in [-0.39, 0.29) is 34.1 Å². The Balaban J connectivity index is 0.000000130. The highest BCUT2D eigenvalue weighted by Crippen LogP contribution is 2.46. The third kappa shape index (κ3) is 23.6. The number of nitrogens with one attached hydrogen (secondary N) is 2. The molecule has 0 aromatic heterocycles. The van der Waals surface area contributed by atoms with Crippen LogP contribution in [0.4, 0.5) is 0 Å².